The van der Waals surface area contributed by atoms with Crippen molar-refractivity contribution >= 4 is 17.6 Å². The molecule has 1 aliphatic heterocycles. The molecule has 1 heterocycles. The molecule has 0 aromatic heterocycles. The van der Waals surface area contributed by atoms with Gasteiger partial charge in [-0.2, -0.15) is 0 Å². The summed E-state index contributed by atoms with van der Waals surface area (Å²) < 4.78 is 25.2. The van der Waals surface area contributed by atoms with Gasteiger partial charge in [0.05, 0.1) is 29.6 Å². The van der Waals surface area contributed by atoms with Crippen LogP contribution in [0.2, 0.25) is 0 Å². The number of hydrogen-bond donors (Lipinski definition) is 3. The number of likely N-dealkylation sites (N-methyl/N-ethyl adjacent to an activating group) is 1. The zero-order chi connectivity index (χ0) is 30.8. The van der Waals surface area contributed by atoms with Crippen molar-refractivity contribution in [2.45, 2.75) is 93.0 Å². The third-order valence-electron chi connectivity index (χ3n) is 13.5. The van der Waals surface area contributed by atoms with Crippen molar-refractivity contribution in [1.82, 2.24) is 4.90 Å². The van der Waals surface area contributed by atoms with Crippen LogP contribution in [-0.2, 0) is 23.7 Å². The molecule has 12 atom stereocenters. The number of nitrogens with zero attached hydrogens (tertiary/aromatic N) is 1. The molecule has 1 aromatic rings. The van der Waals surface area contributed by atoms with Gasteiger partial charge in [-0.05, 0) is 57.2 Å². The van der Waals surface area contributed by atoms with Gasteiger partial charge in [-0.25, -0.2) is 4.79 Å². The molecule has 3 N–H and O–H groups in total. The average molecular weight is 611 g/mol. The number of piperidine rings is 1. The minimum absolute atomic E-state index is 0.00737. The molecule has 240 valence electrons. The lowest BCUT2D eigenvalue weighted by molar-refractivity contribution is -0.337. The highest BCUT2D eigenvalue weighted by molar-refractivity contribution is 6.02. The molecule has 1 aromatic carbocycles. The first kappa shape index (κ1) is 29.3. The van der Waals surface area contributed by atoms with Crippen LogP contribution in [0.4, 0.5) is 5.69 Å². The molecule has 6 saturated carbocycles. The number of fused-ring (bicyclic) bond motifs is 2. The Bertz CT molecular complexity index is 1370. The number of aliphatic hydroxyl groups is 2. The van der Waals surface area contributed by atoms with Crippen LogP contribution >= 0.6 is 0 Å². The van der Waals surface area contributed by atoms with Gasteiger partial charge in [-0.15, -0.1) is 0 Å². The van der Waals surface area contributed by atoms with Crippen molar-refractivity contribution in [3.63, 3.8) is 0 Å². The Hall–Kier alpha value is -2.08. The predicted octanol–water partition coefficient (Wildman–Crippen LogP) is 2.61. The average Bonchev–Trinajstić information content (AvgIpc) is 3.78. The smallest absolute Gasteiger partial charge is 0.340 e. The summed E-state index contributed by atoms with van der Waals surface area (Å²) in [5.41, 5.74) is -3.47. The van der Waals surface area contributed by atoms with Gasteiger partial charge < -0.3 is 34.5 Å². The number of ether oxygens (including phenoxy) is 4. The van der Waals surface area contributed by atoms with Crippen molar-refractivity contribution in [3.05, 3.63) is 29.8 Å². The van der Waals surface area contributed by atoms with Crippen molar-refractivity contribution in [2.75, 3.05) is 39.7 Å². The first-order chi connectivity index (χ1) is 21.1. The van der Waals surface area contributed by atoms with Gasteiger partial charge in [0.15, 0.2) is 0 Å². The fourth-order valence-electron chi connectivity index (χ4n) is 12.0. The topological polar surface area (TPSA) is 127 Å². The van der Waals surface area contributed by atoms with E-state index in [0.29, 0.717) is 56.4 Å². The summed E-state index contributed by atoms with van der Waals surface area (Å²) in [6.45, 7) is 3.40. The Labute approximate surface area is 258 Å². The molecule has 7 bridgehead atoms. The normalized spacial score (nSPS) is 48.2. The maximum absolute atomic E-state index is 14.2. The van der Waals surface area contributed by atoms with E-state index in [-0.39, 0.29) is 53.7 Å². The summed E-state index contributed by atoms with van der Waals surface area (Å²) >= 11 is 0. The maximum Gasteiger partial charge on any atom is 0.340 e. The van der Waals surface area contributed by atoms with Crippen molar-refractivity contribution in [2.24, 2.45) is 35.0 Å². The van der Waals surface area contributed by atoms with E-state index >= 15 is 0 Å². The number of para-hydroxylation sites is 1. The van der Waals surface area contributed by atoms with Crippen LogP contribution in [0, 0.1) is 35.0 Å². The van der Waals surface area contributed by atoms with Crippen molar-refractivity contribution in [1.29, 1.82) is 0 Å². The lowest BCUT2D eigenvalue weighted by Crippen LogP contribution is -2.83. The summed E-state index contributed by atoms with van der Waals surface area (Å²) in [6, 6.07) is 7.06. The monoisotopic (exact) mass is 610 g/mol. The van der Waals surface area contributed by atoms with Crippen molar-refractivity contribution in [3.8, 4) is 0 Å². The Balaban J connectivity index is 1.24. The van der Waals surface area contributed by atoms with E-state index in [1.807, 2.05) is 6.07 Å². The molecule has 10 nitrogen and oxygen atoms in total. The van der Waals surface area contributed by atoms with Gasteiger partial charge in [-0.1, -0.05) is 19.1 Å². The number of amides is 1. The van der Waals surface area contributed by atoms with Crippen LogP contribution in [0.15, 0.2) is 24.3 Å². The number of methoxy groups -OCH3 is 3. The van der Waals surface area contributed by atoms with Gasteiger partial charge in [0.2, 0.25) is 5.91 Å². The van der Waals surface area contributed by atoms with Gasteiger partial charge in [0, 0.05) is 75.3 Å². The number of benzene rings is 1. The Morgan fingerprint density at radius 1 is 1.02 bits per heavy atom. The number of likely N-dealkylation sites (tertiary alicyclic amines) is 1. The van der Waals surface area contributed by atoms with E-state index in [9.17, 15) is 19.8 Å². The molecule has 1 unspecified atom stereocenters. The zero-order valence-corrected chi connectivity index (χ0v) is 26.2. The first-order valence-electron chi connectivity index (χ1n) is 16.5. The first-order valence-corrected chi connectivity index (χ1v) is 16.5. The SMILES string of the molecule is CCN1C[C@]2(OC(=O)c3ccccc3NC(=O)C3CC3)CC[C@H](OC)[C@]34C1[C@H](C[C@H]23)[C@@]1(O)C[C@H](OC)[C@H]2C[C@@H]4[C@]1(O)[C@H]2OC. The van der Waals surface area contributed by atoms with Crippen molar-refractivity contribution < 1.29 is 38.7 Å². The summed E-state index contributed by atoms with van der Waals surface area (Å²) in [5.74, 6) is -1.29. The molecule has 7 fully saturated rings. The number of hydrogen-bond acceptors (Lipinski definition) is 9. The largest absolute Gasteiger partial charge is 0.454 e. The molecule has 1 saturated heterocycles. The number of carbonyl (C=O) groups excluding carboxylic acids is 2. The number of carbonyl (C=O) groups is 2. The fourth-order valence-corrected chi connectivity index (χ4v) is 12.0. The summed E-state index contributed by atoms with van der Waals surface area (Å²) in [6.07, 6.45) is 3.69. The zero-order valence-electron chi connectivity index (χ0n) is 26.2. The molecule has 8 rings (SSSR count). The molecule has 10 heteroatoms. The van der Waals surface area contributed by atoms with E-state index in [1.165, 1.54) is 0 Å². The molecule has 7 aliphatic rings. The lowest BCUT2D eigenvalue weighted by Gasteiger charge is -2.70. The summed E-state index contributed by atoms with van der Waals surface area (Å²) in [7, 11) is 5.08. The predicted molar refractivity (Wildman–Crippen MR) is 159 cm³/mol. The van der Waals surface area contributed by atoms with E-state index in [0.717, 1.165) is 12.8 Å². The van der Waals surface area contributed by atoms with Crippen LogP contribution in [0.3, 0.4) is 0 Å². The van der Waals surface area contributed by atoms with Gasteiger partial charge in [0.25, 0.3) is 0 Å². The molecular formula is C34H46N2O8. The van der Waals surface area contributed by atoms with E-state index in [1.54, 1.807) is 39.5 Å². The third kappa shape index (κ3) is 3.37. The van der Waals surface area contributed by atoms with Crippen LogP contribution in [0.5, 0.6) is 0 Å². The number of anilines is 1. The van der Waals surface area contributed by atoms with Crippen LogP contribution in [0.25, 0.3) is 0 Å². The van der Waals surface area contributed by atoms with E-state index < -0.39 is 34.3 Å². The minimum atomic E-state index is -1.47. The van der Waals surface area contributed by atoms with E-state index in [4.69, 9.17) is 18.9 Å². The molecule has 1 spiro atoms. The van der Waals surface area contributed by atoms with Crippen LogP contribution < -0.4 is 5.32 Å². The standard InChI is InChI=1S/C34H46N2O8/c1-5-36-17-31(44-30(38)19-8-6-7-9-22(19)35-29(37)18-10-11-18)13-12-26(42-3)33-24(31)15-21(27(33)36)32(39)16-23(41-2)20-14-25(33)34(32,40)28(20)43-4/h6-9,18,20-21,23-28,39-40H,5,10-17H2,1-4H3,(H,35,37)/t20-,21+,23+,24-,25+,26+,27?,28+,31-,32+,33+,34+/m1/s1. The Kier molecular flexibility index (Phi) is 6.48. The highest BCUT2D eigenvalue weighted by atomic mass is 16.6. The number of esters is 1. The van der Waals surface area contributed by atoms with Crippen LogP contribution in [-0.4, -0.2) is 103 Å². The summed E-state index contributed by atoms with van der Waals surface area (Å²) in [4.78, 5) is 29.3. The minimum Gasteiger partial charge on any atom is -0.454 e. The summed E-state index contributed by atoms with van der Waals surface area (Å²) in [5, 5.41) is 28.7. The molecule has 0 radical (unpaired) electrons. The quantitative estimate of drug-likeness (QED) is 0.381. The highest BCUT2D eigenvalue weighted by Crippen LogP contribution is 2.79. The Morgan fingerprint density at radius 3 is 2.48 bits per heavy atom. The third-order valence-corrected chi connectivity index (χ3v) is 13.5. The molecular weight excluding hydrogens is 564 g/mol. The highest BCUT2D eigenvalue weighted by Gasteiger charge is 2.89. The number of nitrogens with one attached hydrogen (secondary N) is 1. The molecule has 44 heavy (non-hydrogen) atoms. The molecule has 1 amide bonds. The van der Waals surface area contributed by atoms with E-state index in [2.05, 4.69) is 17.1 Å². The lowest BCUT2D eigenvalue weighted by atomic mass is 9.44. The van der Waals surface area contributed by atoms with Crippen LogP contribution in [0.1, 0.15) is 62.2 Å². The second-order valence-corrected chi connectivity index (χ2v) is 14.8. The maximum atomic E-state index is 14.2. The van der Waals surface area contributed by atoms with Gasteiger partial charge in [-0.3, -0.25) is 9.69 Å². The van der Waals surface area contributed by atoms with Gasteiger partial charge >= 0.3 is 5.97 Å². The fraction of sp³-hybridized carbons (Fsp3) is 0.765. The second kappa shape index (κ2) is 9.72. The molecule has 6 aliphatic carbocycles. The van der Waals surface area contributed by atoms with Gasteiger partial charge in [0.1, 0.15) is 16.8 Å². The second-order valence-electron chi connectivity index (χ2n) is 14.8. The Morgan fingerprint density at radius 2 is 1.80 bits per heavy atom. The number of rotatable bonds is 8.